The Labute approximate surface area is 107 Å². The van der Waals surface area contributed by atoms with Gasteiger partial charge in [-0.3, -0.25) is 4.68 Å². The molecule has 0 saturated heterocycles. The Morgan fingerprint density at radius 1 is 1.65 bits per heavy atom. The molecule has 0 aromatic carbocycles. The highest BCUT2D eigenvalue weighted by Gasteiger charge is 2.46. The summed E-state index contributed by atoms with van der Waals surface area (Å²) >= 11 is 6.12. The molecule has 2 rings (SSSR count). The van der Waals surface area contributed by atoms with Gasteiger partial charge in [-0.15, -0.1) is 0 Å². The number of aromatic nitrogens is 2. The second-order valence-corrected chi connectivity index (χ2v) is 5.03. The number of nitrogens with zero attached hydrogens (tertiary/aromatic N) is 2. The SMILES string of the molecule is CCCn1ncc(Cl)c1C(O)C1(OC)CCC1. The highest BCUT2D eigenvalue weighted by molar-refractivity contribution is 6.31. The van der Waals surface area contributed by atoms with Crippen LogP contribution in [-0.4, -0.2) is 27.6 Å². The van der Waals surface area contributed by atoms with E-state index < -0.39 is 11.7 Å². The van der Waals surface area contributed by atoms with Gasteiger partial charge in [-0.1, -0.05) is 18.5 Å². The van der Waals surface area contributed by atoms with Crippen LogP contribution in [0.5, 0.6) is 0 Å². The number of ether oxygens (including phenoxy) is 1. The summed E-state index contributed by atoms with van der Waals surface area (Å²) in [5.74, 6) is 0. The molecule has 0 bridgehead atoms. The molecule has 1 aromatic rings. The first-order chi connectivity index (χ1) is 8.14. The monoisotopic (exact) mass is 258 g/mol. The molecular weight excluding hydrogens is 240 g/mol. The van der Waals surface area contributed by atoms with Gasteiger partial charge in [-0.25, -0.2) is 0 Å². The van der Waals surface area contributed by atoms with E-state index in [1.807, 2.05) is 0 Å². The minimum absolute atomic E-state index is 0.463. The third-order valence-corrected chi connectivity index (χ3v) is 3.92. The third-order valence-electron chi connectivity index (χ3n) is 3.63. The third kappa shape index (κ3) is 2.09. The topological polar surface area (TPSA) is 47.3 Å². The summed E-state index contributed by atoms with van der Waals surface area (Å²) in [6.45, 7) is 2.83. The van der Waals surface area contributed by atoms with Gasteiger partial charge in [0.1, 0.15) is 6.10 Å². The maximum Gasteiger partial charge on any atom is 0.126 e. The fourth-order valence-corrected chi connectivity index (χ4v) is 2.64. The second-order valence-electron chi connectivity index (χ2n) is 4.63. The number of hydrogen-bond donors (Lipinski definition) is 1. The van der Waals surface area contributed by atoms with E-state index in [0.29, 0.717) is 10.7 Å². The van der Waals surface area contributed by atoms with E-state index in [4.69, 9.17) is 16.3 Å². The number of halogens is 1. The van der Waals surface area contributed by atoms with Crippen LogP contribution in [0.3, 0.4) is 0 Å². The lowest BCUT2D eigenvalue weighted by molar-refractivity contribution is -0.154. The van der Waals surface area contributed by atoms with Crippen LogP contribution in [0.2, 0.25) is 5.02 Å². The van der Waals surface area contributed by atoms with Crippen molar-refractivity contribution in [2.24, 2.45) is 0 Å². The van der Waals surface area contributed by atoms with Crippen molar-refractivity contribution >= 4 is 11.6 Å². The summed E-state index contributed by atoms with van der Waals surface area (Å²) in [4.78, 5) is 0. The zero-order valence-corrected chi connectivity index (χ0v) is 11.1. The van der Waals surface area contributed by atoms with Crippen LogP contribution in [0.25, 0.3) is 0 Å². The lowest BCUT2D eigenvalue weighted by Crippen LogP contribution is -2.45. The molecule has 0 amide bonds. The van der Waals surface area contributed by atoms with Crippen molar-refractivity contribution in [2.45, 2.75) is 50.9 Å². The Morgan fingerprint density at radius 3 is 2.82 bits per heavy atom. The Bertz CT molecular complexity index is 382. The Morgan fingerprint density at radius 2 is 2.35 bits per heavy atom. The van der Waals surface area contributed by atoms with Crippen molar-refractivity contribution in [3.05, 3.63) is 16.9 Å². The van der Waals surface area contributed by atoms with Crippen LogP contribution in [0.1, 0.15) is 44.4 Å². The molecule has 0 spiro atoms. The minimum Gasteiger partial charge on any atom is -0.384 e. The van der Waals surface area contributed by atoms with Crippen molar-refractivity contribution in [3.63, 3.8) is 0 Å². The number of aliphatic hydroxyl groups is 1. The van der Waals surface area contributed by atoms with Crippen molar-refractivity contribution in [1.82, 2.24) is 9.78 Å². The zero-order chi connectivity index (χ0) is 12.5. The maximum absolute atomic E-state index is 10.5. The summed E-state index contributed by atoms with van der Waals surface area (Å²) in [7, 11) is 1.65. The molecule has 1 heterocycles. The molecular formula is C12H19ClN2O2. The van der Waals surface area contributed by atoms with E-state index in [0.717, 1.165) is 32.2 Å². The van der Waals surface area contributed by atoms with Gasteiger partial charge >= 0.3 is 0 Å². The Kier molecular flexibility index (Phi) is 3.76. The molecule has 17 heavy (non-hydrogen) atoms. The predicted molar refractivity (Wildman–Crippen MR) is 66.1 cm³/mol. The molecule has 0 aliphatic heterocycles. The number of rotatable bonds is 5. The molecule has 1 N–H and O–H groups in total. The van der Waals surface area contributed by atoms with Crippen molar-refractivity contribution < 1.29 is 9.84 Å². The average molecular weight is 259 g/mol. The molecule has 1 fully saturated rings. The summed E-state index contributed by atoms with van der Waals surface area (Å²) in [6, 6.07) is 0. The summed E-state index contributed by atoms with van der Waals surface area (Å²) in [5, 5.41) is 15.2. The van der Waals surface area contributed by atoms with Gasteiger partial charge in [0.2, 0.25) is 0 Å². The van der Waals surface area contributed by atoms with Crippen LogP contribution in [0.15, 0.2) is 6.20 Å². The van der Waals surface area contributed by atoms with Crippen LogP contribution in [-0.2, 0) is 11.3 Å². The quantitative estimate of drug-likeness (QED) is 0.883. The van der Waals surface area contributed by atoms with Crippen LogP contribution >= 0.6 is 11.6 Å². The lowest BCUT2D eigenvalue weighted by Gasteiger charge is -2.44. The van der Waals surface area contributed by atoms with E-state index in [1.165, 1.54) is 0 Å². The van der Waals surface area contributed by atoms with Gasteiger partial charge in [0, 0.05) is 13.7 Å². The van der Waals surface area contributed by atoms with Crippen LogP contribution < -0.4 is 0 Å². The van der Waals surface area contributed by atoms with E-state index >= 15 is 0 Å². The van der Waals surface area contributed by atoms with Gasteiger partial charge in [-0.05, 0) is 25.7 Å². The van der Waals surface area contributed by atoms with Crippen molar-refractivity contribution in [1.29, 1.82) is 0 Å². The van der Waals surface area contributed by atoms with Crippen LogP contribution in [0, 0.1) is 0 Å². The number of aryl methyl sites for hydroxylation is 1. The summed E-state index contributed by atoms with van der Waals surface area (Å²) in [6.07, 6.45) is 4.69. The fourth-order valence-electron chi connectivity index (χ4n) is 2.40. The molecule has 1 aliphatic carbocycles. The molecule has 1 unspecified atom stereocenters. The van der Waals surface area contributed by atoms with Crippen LogP contribution in [0.4, 0.5) is 0 Å². The first-order valence-electron chi connectivity index (χ1n) is 6.09. The fraction of sp³-hybridized carbons (Fsp3) is 0.750. The molecule has 96 valence electrons. The van der Waals surface area contributed by atoms with Gasteiger partial charge < -0.3 is 9.84 Å². The zero-order valence-electron chi connectivity index (χ0n) is 10.3. The van der Waals surface area contributed by atoms with Gasteiger partial charge in [0.15, 0.2) is 0 Å². The first kappa shape index (κ1) is 12.9. The molecule has 1 atom stereocenters. The van der Waals surface area contributed by atoms with Crippen molar-refractivity contribution in [3.8, 4) is 0 Å². The van der Waals surface area contributed by atoms with E-state index in [1.54, 1.807) is 18.0 Å². The maximum atomic E-state index is 10.5. The predicted octanol–water partition coefficient (Wildman–Crippen LogP) is 2.55. The molecule has 1 saturated carbocycles. The molecule has 1 aromatic heterocycles. The Hall–Kier alpha value is -0.580. The average Bonchev–Trinajstić information content (AvgIpc) is 2.59. The van der Waals surface area contributed by atoms with Gasteiger partial charge in [-0.2, -0.15) is 5.10 Å². The number of methoxy groups -OCH3 is 1. The smallest absolute Gasteiger partial charge is 0.126 e. The highest BCUT2D eigenvalue weighted by Crippen LogP contribution is 2.46. The molecule has 1 aliphatic rings. The molecule has 0 radical (unpaired) electrons. The van der Waals surface area contributed by atoms with Gasteiger partial charge in [0.05, 0.1) is 22.5 Å². The minimum atomic E-state index is -0.692. The van der Waals surface area contributed by atoms with Gasteiger partial charge in [0.25, 0.3) is 0 Å². The first-order valence-corrected chi connectivity index (χ1v) is 6.47. The largest absolute Gasteiger partial charge is 0.384 e. The lowest BCUT2D eigenvalue weighted by atomic mass is 9.74. The molecule has 4 nitrogen and oxygen atoms in total. The number of aliphatic hydroxyl groups excluding tert-OH is 1. The molecule has 5 heteroatoms. The van der Waals surface area contributed by atoms with E-state index in [2.05, 4.69) is 12.0 Å². The second kappa shape index (κ2) is 4.96. The summed E-state index contributed by atoms with van der Waals surface area (Å²) < 4.78 is 7.28. The highest BCUT2D eigenvalue weighted by atomic mass is 35.5. The van der Waals surface area contributed by atoms with E-state index in [9.17, 15) is 5.11 Å². The Balaban J connectivity index is 2.29. The number of hydrogen-bond acceptors (Lipinski definition) is 3. The summed E-state index contributed by atoms with van der Waals surface area (Å²) in [5.41, 5.74) is 0.227. The van der Waals surface area contributed by atoms with E-state index in [-0.39, 0.29) is 0 Å². The standard InChI is InChI=1S/C12H19ClN2O2/c1-3-7-15-10(9(13)8-14-15)11(16)12(17-2)5-4-6-12/h8,11,16H,3-7H2,1-2H3. The normalized spacial score (nSPS) is 20.0. The van der Waals surface area contributed by atoms with Crippen molar-refractivity contribution in [2.75, 3.05) is 7.11 Å².